The van der Waals surface area contributed by atoms with E-state index in [9.17, 15) is 13.2 Å². The van der Waals surface area contributed by atoms with E-state index in [-0.39, 0.29) is 22.8 Å². The topological polar surface area (TPSA) is 88.4 Å². The molecular weight excluding hydrogens is 378 g/mol. The molecule has 0 heterocycles. The van der Waals surface area contributed by atoms with Crippen molar-refractivity contribution in [2.45, 2.75) is 11.8 Å². The fraction of sp³-hybridized carbons (Fsp3) is 0.250. The maximum atomic E-state index is 12.3. The van der Waals surface area contributed by atoms with Crippen molar-refractivity contribution in [1.82, 2.24) is 0 Å². The van der Waals surface area contributed by atoms with Gasteiger partial charge in [0.1, 0.15) is 6.61 Å². The zero-order valence-corrected chi connectivity index (χ0v) is 16.9. The van der Waals surface area contributed by atoms with Gasteiger partial charge in [-0.1, -0.05) is 6.58 Å². The standard InChI is InChI=1S/C20H23N3O4S/c1-15(2)20(24)27-13-14-28(25,26)19-11-7-17(8-12-19)22-21-16-5-9-18(10-6-16)23(3)4/h5-12H,1,13-14H2,2-4H3/b22-21+. The van der Waals surface area contributed by atoms with E-state index in [1.54, 1.807) is 12.1 Å². The zero-order valence-electron chi connectivity index (χ0n) is 16.1. The number of ether oxygens (including phenoxy) is 1. The van der Waals surface area contributed by atoms with Crippen LogP contribution in [0.3, 0.4) is 0 Å². The van der Waals surface area contributed by atoms with Crippen molar-refractivity contribution >= 4 is 32.9 Å². The van der Waals surface area contributed by atoms with Gasteiger partial charge in [-0.25, -0.2) is 13.2 Å². The lowest BCUT2D eigenvalue weighted by molar-refractivity contribution is -0.138. The first-order chi connectivity index (χ1) is 13.2. The molecule has 0 aliphatic rings. The molecule has 2 aromatic carbocycles. The summed E-state index contributed by atoms with van der Waals surface area (Å²) in [5.41, 5.74) is 2.51. The average Bonchev–Trinajstić information content (AvgIpc) is 2.66. The smallest absolute Gasteiger partial charge is 0.333 e. The fourth-order valence-corrected chi connectivity index (χ4v) is 3.23. The Labute approximate surface area is 165 Å². The summed E-state index contributed by atoms with van der Waals surface area (Å²) in [5.74, 6) is -0.907. The highest BCUT2D eigenvalue weighted by Crippen LogP contribution is 2.22. The van der Waals surface area contributed by atoms with E-state index < -0.39 is 15.8 Å². The summed E-state index contributed by atoms with van der Waals surface area (Å²) < 4.78 is 29.4. The number of hydrogen-bond donors (Lipinski definition) is 0. The Bertz CT molecular complexity index is 964. The highest BCUT2D eigenvalue weighted by Gasteiger charge is 2.15. The third kappa shape index (κ3) is 6.02. The largest absolute Gasteiger partial charge is 0.461 e. The molecule has 2 aromatic rings. The molecule has 28 heavy (non-hydrogen) atoms. The van der Waals surface area contributed by atoms with Crippen LogP contribution >= 0.6 is 0 Å². The first kappa shape index (κ1) is 21.3. The molecule has 0 bridgehead atoms. The van der Waals surface area contributed by atoms with Gasteiger partial charge in [-0.2, -0.15) is 10.2 Å². The van der Waals surface area contributed by atoms with Crippen LogP contribution in [0, 0.1) is 0 Å². The predicted octanol–water partition coefficient (Wildman–Crippen LogP) is 4.06. The SMILES string of the molecule is C=C(C)C(=O)OCCS(=O)(=O)c1ccc(/N=N/c2ccc(N(C)C)cc2)cc1. The van der Waals surface area contributed by atoms with Crippen molar-refractivity contribution in [3.63, 3.8) is 0 Å². The summed E-state index contributed by atoms with van der Waals surface area (Å²) in [6.45, 7) is 4.72. The Hall–Kier alpha value is -3.00. The van der Waals surface area contributed by atoms with Crippen LogP contribution in [0.15, 0.2) is 75.8 Å². The van der Waals surface area contributed by atoms with Gasteiger partial charge in [0, 0.05) is 25.4 Å². The van der Waals surface area contributed by atoms with Gasteiger partial charge in [-0.05, 0) is 55.5 Å². The summed E-state index contributed by atoms with van der Waals surface area (Å²) in [6, 6.07) is 13.6. The van der Waals surface area contributed by atoms with E-state index in [0.717, 1.165) is 5.69 Å². The molecule has 0 spiro atoms. The van der Waals surface area contributed by atoms with Gasteiger partial charge in [0.2, 0.25) is 0 Å². The summed E-state index contributed by atoms with van der Waals surface area (Å²) >= 11 is 0. The van der Waals surface area contributed by atoms with Crippen LogP contribution in [0.4, 0.5) is 17.1 Å². The van der Waals surface area contributed by atoms with Crippen LogP contribution in [0.1, 0.15) is 6.92 Å². The van der Waals surface area contributed by atoms with Crippen LogP contribution in [0.25, 0.3) is 0 Å². The second kappa shape index (κ2) is 9.27. The maximum absolute atomic E-state index is 12.3. The molecule has 148 valence electrons. The molecule has 0 radical (unpaired) electrons. The molecule has 0 aromatic heterocycles. The third-order valence-electron chi connectivity index (χ3n) is 3.78. The highest BCUT2D eigenvalue weighted by molar-refractivity contribution is 7.91. The van der Waals surface area contributed by atoms with Gasteiger partial charge in [-0.15, -0.1) is 0 Å². The van der Waals surface area contributed by atoms with E-state index in [4.69, 9.17) is 4.74 Å². The molecule has 0 atom stereocenters. The van der Waals surface area contributed by atoms with E-state index in [1.165, 1.54) is 19.1 Å². The van der Waals surface area contributed by atoms with E-state index in [1.807, 2.05) is 43.3 Å². The van der Waals surface area contributed by atoms with Gasteiger partial charge in [0.15, 0.2) is 9.84 Å². The number of benzene rings is 2. The number of azo groups is 1. The lowest BCUT2D eigenvalue weighted by Crippen LogP contribution is -2.15. The Kier molecular flexibility index (Phi) is 7.06. The first-order valence-corrected chi connectivity index (χ1v) is 10.2. The number of anilines is 1. The normalized spacial score (nSPS) is 11.4. The number of carbonyl (C=O) groups is 1. The van der Waals surface area contributed by atoms with Crippen LogP contribution in [-0.4, -0.2) is 40.8 Å². The van der Waals surface area contributed by atoms with Crippen molar-refractivity contribution < 1.29 is 17.9 Å². The Morgan fingerprint density at radius 3 is 1.96 bits per heavy atom. The summed E-state index contributed by atoms with van der Waals surface area (Å²) in [5, 5.41) is 8.26. The molecule has 0 saturated carbocycles. The number of sulfone groups is 1. The second-order valence-electron chi connectivity index (χ2n) is 6.34. The highest BCUT2D eigenvalue weighted by atomic mass is 32.2. The third-order valence-corrected chi connectivity index (χ3v) is 5.47. The van der Waals surface area contributed by atoms with Gasteiger partial charge < -0.3 is 9.64 Å². The molecule has 0 N–H and O–H groups in total. The number of hydrogen-bond acceptors (Lipinski definition) is 7. The molecule has 8 heteroatoms. The molecule has 0 aliphatic carbocycles. The van der Waals surface area contributed by atoms with Crippen LogP contribution in [0.2, 0.25) is 0 Å². The molecule has 7 nitrogen and oxygen atoms in total. The number of nitrogens with zero attached hydrogens (tertiary/aromatic N) is 3. The number of rotatable bonds is 8. The van der Waals surface area contributed by atoms with Crippen LogP contribution in [0.5, 0.6) is 0 Å². The van der Waals surface area contributed by atoms with Crippen molar-refractivity contribution in [2.24, 2.45) is 10.2 Å². The molecule has 0 unspecified atom stereocenters. The minimum absolute atomic E-state index is 0.133. The Morgan fingerprint density at radius 2 is 1.50 bits per heavy atom. The molecule has 0 saturated heterocycles. The lowest BCUT2D eigenvalue weighted by atomic mass is 10.3. The van der Waals surface area contributed by atoms with Gasteiger partial charge in [-0.3, -0.25) is 0 Å². The van der Waals surface area contributed by atoms with Crippen molar-refractivity contribution in [2.75, 3.05) is 31.4 Å². The molecular formula is C20H23N3O4S. The van der Waals surface area contributed by atoms with E-state index in [2.05, 4.69) is 16.8 Å². The Balaban J connectivity index is 2.00. The monoisotopic (exact) mass is 401 g/mol. The van der Waals surface area contributed by atoms with E-state index >= 15 is 0 Å². The summed E-state index contributed by atoms with van der Waals surface area (Å²) in [7, 11) is 0.348. The van der Waals surface area contributed by atoms with E-state index in [0.29, 0.717) is 11.4 Å². The predicted molar refractivity (Wildman–Crippen MR) is 109 cm³/mol. The molecule has 2 rings (SSSR count). The van der Waals surface area contributed by atoms with Crippen molar-refractivity contribution in [3.8, 4) is 0 Å². The van der Waals surface area contributed by atoms with Gasteiger partial charge in [0.25, 0.3) is 0 Å². The molecule has 0 amide bonds. The first-order valence-electron chi connectivity index (χ1n) is 8.53. The molecule has 0 aliphatic heterocycles. The summed E-state index contributed by atoms with van der Waals surface area (Å²) in [6.07, 6.45) is 0. The van der Waals surface area contributed by atoms with Crippen LogP contribution in [-0.2, 0) is 19.4 Å². The quantitative estimate of drug-likeness (QED) is 0.378. The van der Waals surface area contributed by atoms with Crippen molar-refractivity contribution in [3.05, 3.63) is 60.7 Å². The number of esters is 1. The lowest BCUT2D eigenvalue weighted by Gasteiger charge is -2.11. The molecule has 0 fully saturated rings. The summed E-state index contributed by atoms with van der Waals surface area (Å²) in [4.78, 5) is 13.4. The van der Waals surface area contributed by atoms with Crippen molar-refractivity contribution in [1.29, 1.82) is 0 Å². The average molecular weight is 401 g/mol. The minimum atomic E-state index is -3.56. The fourth-order valence-electron chi connectivity index (χ4n) is 2.14. The number of carbonyl (C=O) groups excluding carboxylic acids is 1. The Morgan fingerprint density at radius 1 is 1.00 bits per heavy atom. The minimum Gasteiger partial charge on any atom is -0.461 e. The van der Waals surface area contributed by atoms with Gasteiger partial charge in [0.05, 0.1) is 22.0 Å². The maximum Gasteiger partial charge on any atom is 0.333 e. The van der Waals surface area contributed by atoms with Crippen LogP contribution < -0.4 is 4.90 Å². The van der Waals surface area contributed by atoms with Gasteiger partial charge >= 0.3 is 5.97 Å². The zero-order chi connectivity index (χ0) is 20.7. The second-order valence-corrected chi connectivity index (χ2v) is 8.45.